The lowest BCUT2D eigenvalue weighted by molar-refractivity contribution is 0.281. The van der Waals surface area contributed by atoms with Crippen molar-refractivity contribution in [3.05, 3.63) is 58.4 Å². The fraction of sp³-hybridized carbons (Fsp3) is 0.250. The van der Waals surface area contributed by atoms with E-state index in [-0.39, 0.29) is 5.82 Å². The summed E-state index contributed by atoms with van der Waals surface area (Å²) in [7, 11) is 1.56. The molecule has 0 fully saturated rings. The molecule has 0 aromatic heterocycles. The molecule has 0 amide bonds. The van der Waals surface area contributed by atoms with Crippen molar-refractivity contribution in [3.63, 3.8) is 0 Å². The van der Waals surface area contributed by atoms with E-state index >= 15 is 0 Å². The Morgan fingerprint density at radius 3 is 2.52 bits per heavy atom. The van der Waals surface area contributed by atoms with Crippen molar-refractivity contribution in [2.75, 3.05) is 13.7 Å². The molecule has 0 bridgehead atoms. The quantitative estimate of drug-likeness (QED) is 0.887. The van der Waals surface area contributed by atoms with Crippen LogP contribution in [-0.4, -0.2) is 13.7 Å². The Morgan fingerprint density at radius 2 is 1.90 bits per heavy atom. The molecule has 2 aromatic carbocycles. The van der Waals surface area contributed by atoms with Crippen LogP contribution in [0.4, 0.5) is 4.39 Å². The molecule has 0 saturated carbocycles. The highest BCUT2D eigenvalue weighted by molar-refractivity contribution is 6.30. The Morgan fingerprint density at radius 1 is 1.19 bits per heavy atom. The first-order chi connectivity index (χ1) is 10.1. The Kier molecular flexibility index (Phi) is 5.42. The number of benzene rings is 2. The van der Waals surface area contributed by atoms with Crippen molar-refractivity contribution in [1.82, 2.24) is 0 Å². The molecule has 5 heteroatoms. The minimum absolute atomic E-state index is 0.272. The van der Waals surface area contributed by atoms with Gasteiger partial charge in [-0.3, -0.25) is 0 Å². The van der Waals surface area contributed by atoms with Crippen LogP contribution in [-0.2, 0) is 13.0 Å². The predicted octanol–water partition coefficient (Wildman–Crippen LogP) is 3.57. The van der Waals surface area contributed by atoms with Crippen molar-refractivity contribution in [2.24, 2.45) is 5.73 Å². The average molecular weight is 310 g/mol. The largest absolute Gasteiger partial charge is 0.493 e. The van der Waals surface area contributed by atoms with E-state index in [0.29, 0.717) is 36.1 Å². The molecule has 0 aliphatic heterocycles. The van der Waals surface area contributed by atoms with E-state index in [9.17, 15) is 4.39 Å². The smallest absolute Gasteiger partial charge is 0.164 e. The second kappa shape index (κ2) is 7.29. The second-order valence-electron chi connectivity index (χ2n) is 4.55. The van der Waals surface area contributed by atoms with Crippen LogP contribution < -0.4 is 15.2 Å². The maximum Gasteiger partial charge on any atom is 0.164 e. The zero-order valence-corrected chi connectivity index (χ0v) is 12.5. The predicted molar refractivity (Wildman–Crippen MR) is 81.5 cm³/mol. The summed E-state index contributed by atoms with van der Waals surface area (Å²) >= 11 is 6.05. The van der Waals surface area contributed by atoms with Crippen molar-refractivity contribution < 1.29 is 13.9 Å². The number of ether oxygens (including phenoxy) is 2. The van der Waals surface area contributed by atoms with Gasteiger partial charge in [-0.1, -0.05) is 23.7 Å². The molecule has 21 heavy (non-hydrogen) atoms. The third-order valence-electron chi connectivity index (χ3n) is 3.03. The maximum atomic E-state index is 12.9. The van der Waals surface area contributed by atoms with Crippen LogP contribution in [0.3, 0.4) is 0 Å². The number of rotatable bonds is 6. The van der Waals surface area contributed by atoms with Crippen LogP contribution in [0.2, 0.25) is 5.02 Å². The molecule has 0 aliphatic rings. The molecule has 2 aromatic rings. The lowest BCUT2D eigenvalue weighted by Crippen LogP contribution is -2.07. The number of halogens is 2. The van der Waals surface area contributed by atoms with Crippen LogP contribution in [0, 0.1) is 5.82 Å². The average Bonchev–Trinajstić information content (AvgIpc) is 2.47. The van der Waals surface area contributed by atoms with Gasteiger partial charge in [0, 0.05) is 16.7 Å². The van der Waals surface area contributed by atoms with Crippen LogP contribution >= 0.6 is 11.6 Å². The van der Waals surface area contributed by atoms with Gasteiger partial charge in [0.15, 0.2) is 11.5 Å². The minimum atomic E-state index is -0.272. The first-order valence-corrected chi connectivity index (χ1v) is 6.95. The molecule has 0 spiro atoms. The van der Waals surface area contributed by atoms with E-state index < -0.39 is 0 Å². The fourth-order valence-electron chi connectivity index (χ4n) is 2.02. The molecule has 2 N–H and O–H groups in total. The number of methoxy groups -OCH3 is 1. The second-order valence-corrected chi connectivity index (χ2v) is 4.99. The molecule has 112 valence electrons. The third-order valence-corrected chi connectivity index (χ3v) is 3.24. The number of nitrogens with two attached hydrogens (primary N) is 1. The van der Waals surface area contributed by atoms with Crippen molar-refractivity contribution in [3.8, 4) is 11.5 Å². The summed E-state index contributed by atoms with van der Waals surface area (Å²) in [4.78, 5) is 0. The van der Waals surface area contributed by atoms with Gasteiger partial charge in [0.2, 0.25) is 0 Å². The van der Waals surface area contributed by atoms with E-state index in [0.717, 1.165) is 11.1 Å². The molecule has 2 rings (SSSR count). The van der Waals surface area contributed by atoms with Gasteiger partial charge in [0.05, 0.1) is 7.11 Å². The SMILES string of the molecule is COc1cc(Cl)cc(CCN)c1OCc1ccc(F)cc1. The van der Waals surface area contributed by atoms with Crippen LogP contribution in [0.5, 0.6) is 11.5 Å². The van der Waals surface area contributed by atoms with Crippen molar-refractivity contribution in [1.29, 1.82) is 0 Å². The van der Waals surface area contributed by atoms with Gasteiger partial charge < -0.3 is 15.2 Å². The molecule has 0 saturated heterocycles. The first-order valence-electron chi connectivity index (χ1n) is 6.57. The fourth-order valence-corrected chi connectivity index (χ4v) is 2.25. The Labute approximate surface area is 128 Å². The summed E-state index contributed by atoms with van der Waals surface area (Å²) in [5.41, 5.74) is 7.37. The third kappa shape index (κ3) is 4.09. The zero-order valence-electron chi connectivity index (χ0n) is 11.7. The van der Waals surface area contributed by atoms with E-state index in [4.69, 9.17) is 26.8 Å². The van der Waals surface area contributed by atoms with Gasteiger partial charge in [0.1, 0.15) is 12.4 Å². The highest BCUT2D eigenvalue weighted by Gasteiger charge is 2.12. The summed E-state index contributed by atoms with van der Waals surface area (Å²) in [6, 6.07) is 9.68. The van der Waals surface area contributed by atoms with Gasteiger partial charge in [-0.25, -0.2) is 4.39 Å². The van der Waals surface area contributed by atoms with Crippen LogP contribution in [0.15, 0.2) is 36.4 Å². The Hall–Kier alpha value is -1.78. The highest BCUT2D eigenvalue weighted by Crippen LogP contribution is 2.35. The normalized spacial score (nSPS) is 10.5. The lowest BCUT2D eigenvalue weighted by atomic mass is 10.1. The Balaban J connectivity index is 2.22. The van der Waals surface area contributed by atoms with Crippen LogP contribution in [0.25, 0.3) is 0 Å². The zero-order chi connectivity index (χ0) is 15.2. The summed E-state index contributed by atoms with van der Waals surface area (Å²) in [5, 5.41) is 0.574. The number of hydrogen-bond acceptors (Lipinski definition) is 3. The van der Waals surface area contributed by atoms with Gasteiger partial charge in [-0.05, 0) is 36.7 Å². The van der Waals surface area contributed by atoms with Crippen molar-refractivity contribution >= 4 is 11.6 Å². The molecule has 3 nitrogen and oxygen atoms in total. The summed E-state index contributed by atoms with van der Waals surface area (Å²) < 4.78 is 24.0. The molecule has 0 atom stereocenters. The van der Waals surface area contributed by atoms with Crippen molar-refractivity contribution in [2.45, 2.75) is 13.0 Å². The van der Waals surface area contributed by atoms with E-state index in [2.05, 4.69) is 0 Å². The molecular formula is C16H17ClFNO2. The molecular weight excluding hydrogens is 293 g/mol. The van der Waals surface area contributed by atoms with Gasteiger partial charge in [-0.2, -0.15) is 0 Å². The maximum absolute atomic E-state index is 12.9. The molecule has 0 unspecified atom stereocenters. The first kappa shape index (κ1) is 15.6. The van der Waals surface area contributed by atoms with E-state index in [1.807, 2.05) is 6.07 Å². The molecule has 0 radical (unpaired) electrons. The monoisotopic (exact) mass is 309 g/mol. The van der Waals surface area contributed by atoms with Gasteiger partial charge in [-0.15, -0.1) is 0 Å². The minimum Gasteiger partial charge on any atom is -0.493 e. The summed E-state index contributed by atoms with van der Waals surface area (Å²) in [6.07, 6.45) is 0.635. The highest BCUT2D eigenvalue weighted by atomic mass is 35.5. The lowest BCUT2D eigenvalue weighted by Gasteiger charge is -2.15. The Bertz CT molecular complexity index is 602. The molecule has 0 aliphatic carbocycles. The topological polar surface area (TPSA) is 44.5 Å². The van der Waals surface area contributed by atoms with E-state index in [1.165, 1.54) is 12.1 Å². The number of hydrogen-bond donors (Lipinski definition) is 1. The van der Waals surface area contributed by atoms with Gasteiger partial charge >= 0.3 is 0 Å². The standard InChI is InChI=1S/C16H17ClFNO2/c1-20-15-9-13(17)8-12(6-7-19)16(15)21-10-11-2-4-14(18)5-3-11/h2-5,8-9H,6-7,10,19H2,1H3. The van der Waals surface area contributed by atoms with E-state index in [1.54, 1.807) is 25.3 Å². The summed E-state index contributed by atoms with van der Waals surface area (Å²) in [6.45, 7) is 0.798. The molecule has 0 heterocycles. The van der Waals surface area contributed by atoms with Gasteiger partial charge in [0.25, 0.3) is 0 Å². The van der Waals surface area contributed by atoms with Crippen LogP contribution in [0.1, 0.15) is 11.1 Å². The summed E-state index contributed by atoms with van der Waals surface area (Å²) in [5.74, 6) is 0.913.